The number of hydrogen-bond acceptors (Lipinski definition) is 4. The summed E-state index contributed by atoms with van der Waals surface area (Å²) < 4.78 is 11.3. The molecule has 5 nitrogen and oxygen atoms in total. The Balaban J connectivity index is 1.13. The molecule has 0 amide bonds. The van der Waals surface area contributed by atoms with E-state index in [1.165, 1.54) is 16.3 Å². The van der Waals surface area contributed by atoms with Crippen LogP contribution in [0.25, 0.3) is 21.7 Å². The molecule has 0 bridgehead atoms. The van der Waals surface area contributed by atoms with Gasteiger partial charge in [0.2, 0.25) is 0 Å². The molecular formula is C27H30N2O3. The molecule has 1 aliphatic rings. The lowest BCUT2D eigenvalue weighted by molar-refractivity contribution is 0.0595. The van der Waals surface area contributed by atoms with E-state index in [0.717, 1.165) is 48.3 Å². The molecule has 5 rings (SSSR count). The van der Waals surface area contributed by atoms with Crippen LogP contribution in [0.1, 0.15) is 24.3 Å². The Morgan fingerprint density at radius 3 is 2.59 bits per heavy atom. The van der Waals surface area contributed by atoms with E-state index < -0.39 is 6.10 Å². The lowest BCUT2D eigenvalue weighted by Crippen LogP contribution is -2.40. The zero-order chi connectivity index (χ0) is 21.9. The molecule has 4 aromatic rings. The Bertz CT molecular complexity index is 1190. The average Bonchev–Trinajstić information content (AvgIpc) is 3.26. The standard InChI is InChI=1S/C27H30N2O3/c1-31-23-8-9-27-25(15-23)26(16-28-27)20-10-12-29(13-11-20)17-22(30)18-32-24-7-6-19-4-2-3-5-21(19)14-24/h2-9,14-16,20,22,28,30H,10-13,17-18H2,1H3. The van der Waals surface area contributed by atoms with Crippen molar-refractivity contribution < 1.29 is 14.6 Å². The monoisotopic (exact) mass is 430 g/mol. The van der Waals surface area contributed by atoms with Crippen molar-refractivity contribution in [3.8, 4) is 11.5 Å². The van der Waals surface area contributed by atoms with Gasteiger partial charge in [-0.15, -0.1) is 0 Å². The normalized spacial score (nSPS) is 16.4. The number of piperidine rings is 1. The number of aliphatic hydroxyl groups is 1. The van der Waals surface area contributed by atoms with E-state index in [0.29, 0.717) is 19.1 Å². The van der Waals surface area contributed by atoms with Gasteiger partial charge < -0.3 is 24.5 Å². The van der Waals surface area contributed by atoms with Gasteiger partial charge in [-0.05, 0) is 78.5 Å². The van der Waals surface area contributed by atoms with Gasteiger partial charge in [0.05, 0.1) is 7.11 Å². The number of H-pyrrole nitrogens is 1. The van der Waals surface area contributed by atoms with Gasteiger partial charge in [-0.2, -0.15) is 0 Å². The van der Waals surface area contributed by atoms with Crippen molar-refractivity contribution in [1.82, 2.24) is 9.88 Å². The third kappa shape index (κ3) is 4.45. The molecule has 32 heavy (non-hydrogen) atoms. The summed E-state index contributed by atoms with van der Waals surface area (Å²) in [5.74, 6) is 2.22. The first-order valence-corrected chi connectivity index (χ1v) is 11.4. The zero-order valence-electron chi connectivity index (χ0n) is 18.5. The minimum absolute atomic E-state index is 0.306. The van der Waals surface area contributed by atoms with Crippen LogP contribution < -0.4 is 9.47 Å². The molecule has 1 atom stereocenters. The van der Waals surface area contributed by atoms with E-state index in [2.05, 4.69) is 46.4 Å². The summed E-state index contributed by atoms with van der Waals surface area (Å²) in [5, 5.41) is 14.1. The van der Waals surface area contributed by atoms with Crippen LogP contribution >= 0.6 is 0 Å². The summed E-state index contributed by atoms with van der Waals surface area (Å²) >= 11 is 0. The molecule has 3 aromatic carbocycles. The van der Waals surface area contributed by atoms with Gasteiger partial charge in [0.1, 0.15) is 24.2 Å². The van der Waals surface area contributed by atoms with Crippen molar-refractivity contribution in [2.24, 2.45) is 0 Å². The number of aromatic amines is 1. The van der Waals surface area contributed by atoms with Crippen molar-refractivity contribution in [3.05, 3.63) is 72.4 Å². The van der Waals surface area contributed by atoms with Crippen LogP contribution in [-0.2, 0) is 0 Å². The van der Waals surface area contributed by atoms with Crippen molar-refractivity contribution in [2.75, 3.05) is 33.4 Å². The predicted octanol–water partition coefficient (Wildman–Crippen LogP) is 4.95. The zero-order valence-corrected chi connectivity index (χ0v) is 18.5. The Morgan fingerprint density at radius 2 is 1.78 bits per heavy atom. The van der Waals surface area contributed by atoms with Gasteiger partial charge in [0, 0.05) is 23.6 Å². The lowest BCUT2D eigenvalue weighted by atomic mass is 9.89. The maximum absolute atomic E-state index is 10.5. The summed E-state index contributed by atoms with van der Waals surface area (Å²) in [4.78, 5) is 5.75. The summed E-state index contributed by atoms with van der Waals surface area (Å²) in [5.41, 5.74) is 2.53. The van der Waals surface area contributed by atoms with E-state index >= 15 is 0 Å². The summed E-state index contributed by atoms with van der Waals surface area (Å²) in [6.45, 7) is 2.91. The maximum atomic E-state index is 10.5. The van der Waals surface area contributed by atoms with Gasteiger partial charge in [0.25, 0.3) is 0 Å². The van der Waals surface area contributed by atoms with E-state index in [-0.39, 0.29) is 0 Å². The second-order valence-electron chi connectivity index (χ2n) is 8.70. The largest absolute Gasteiger partial charge is 0.497 e. The van der Waals surface area contributed by atoms with Gasteiger partial charge >= 0.3 is 0 Å². The molecule has 2 heterocycles. The molecule has 5 heteroatoms. The van der Waals surface area contributed by atoms with Crippen molar-refractivity contribution in [1.29, 1.82) is 0 Å². The van der Waals surface area contributed by atoms with Crippen LogP contribution in [0.4, 0.5) is 0 Å². The number of rotatable bonds is 7. The third-order valence-electron chi connectivity index (χ3n) is 6.58. The molecule has 1 saturated heterocycles. The van der Waals surface area contributed by atoms with E-state index in [9.17, 15) is 5.11 Å². The molecule has 0 radical (unpaired) electrons. The fourth-order valence-corrected chi connectivity index (χ4v) is 4.81. The maximum Gasteiger partial charge on any atom is 0.120 e. The highest BCUT2D eigenvalue weighted by molar-refractivity contribution is 5.85. The number of methoxy groups -OCH3 is 1. The van der Waals surface area contributed by atoms with E-state index in [1.807, 2.05) is 30.3 Å². The molecular weight excluding hydrogens is 400 g/mol. The Kier molecular flexibility index (Phi) is 6.02. The number of likely N-dealkylation sites (tertiary alicyclic amines) is 1. The van der Waals surface area contributed by atoms with Gasteiger partial charge in [-0.25, -0.2) is 0 Å². The topological polar surface area (TPSA) is 57.7 Å². The second kappa shape index (κ2) is 9.23. The number of benzene rings is 3. The van der Waals surface area contributed by atoms with Crippen LogP contribution in [-0.4, -0.2) is 54.4 Å². The van der Waals surface area contributed by atoms with Gasteiger partial charge in [-0.1, -0.05) is 30.3 Å². The minimum Gasteiger partial charge on any atom is -0.497 e. The van der Waals surface area contributed by atoms with Crippen molar-refractivity contribution in [2.45, 2.75) is 24.9 Å². The van der Waals surface area contributed by atoms with E-state index in [1.54, 1.807) is 7.11 Å². The fourth-order valence-electron chi connectivity index (χ4n) is 4.81. The van der Waals surface area contributed by atoms with Gasteiger partial charge in [0.15, 0.2) is 0 Å². The SMILES string of the molecule is COc1ccc2[nH]cc(C3CCN(CC(O)COc4ccc5ccccc5c4)CC3)c2c1. The first kappa shape index (κ1) is 20.9. The number of β-amino-alcohol motifs (C(OH)–C–C–N with tert-alkyl or cyclic N) is 1. The molecule has 0 aliphatic carbocycles. The van der Waals surface area contributed by atoms with Crippen LogP contribution in [0.15, 0.2) is 66.9 Å². The molecule has 0 spiro atoms. The Morgan fingerprint density at radius 1 is 1.00 bits per heavy atom. The first-order chi connectivity index (χ1) is 15.7. The van der Waals surface area contributed by atoms with Crippen molar-refractivity contribution >= 4 is 21.7 Å². The number of nitrogens with one attached hydrogen (secondary N) is 1. The predicted molar refractivity (Wildman–Crippen MR) is 129 cm³/mol. The molecule has 2 N–H and O–H groups in total. The number of aromatic nitrogens is 1. The molecule has 1 aliphatic heterocycles. The lowest BCUT2D eigenvalue weighted by Gasteiger charge is -2.33. The van der Waals surface area contributed by atoms with Crippen LogP contribution in [0.3, 0.4) is 0 Å². The fraction of sp³-hybridized carbons (Fsp3) is 0.333. The highest BCUT2D eigenvalue weighted by atomic mass is 16.5. The number of fused-ring (bicyclic) bond motifs is 2. The smallest absolute Gasteiger partial charge is 0.120 e. The number of nitrogens with zero attached hydrogens (tertiary/aromatic N) is 1. The number of hydrogen-bond donors (Lipinski definition) is 2. The van der Waals surface area contributed by atoms with Crippen molar-refractivity contribution in [3.63, 3.8) is 0 Å². The molecule has 0 saturated carbocycles. The Hall–Kier alpha value is -3.02. The number of aliphatic hydroxyl groups excluding tert-OH is 1. The molecule has 1 aromatic heterocycles. The first-order valence-electron chi connectivity index (χ1n) is 11.4. The van der Waals surface area contributed by atoms with Crippen LogP contribution in [0, 0.1) is 0 Å². The van der Waals surface area contributed by atoms with Crippen LogP contribution in [0.2, 0.25) is 0 Å². The summed E-state index contributed by atoms with van der Waals surface area (Å²) in [6.07, 6.45) is 3.82. The summed E-state index contributed by atoms with van der Waals surface area (Å²) in [7, 11) is 1.71. The molecule has 166 valence electrons. The average molecular weight is 431 g/mol. The quantitative estimate of drug-likeness (QED) is 0.436. The number of ether oxygens (including phenoxy) is 2. The third-order valence-corrected chi connectivity index (χ3v) is 6.58. The van der Waals surface area contributed by atoms with Gasteiger partial charge in [-0.3, -0.25) is 0 Å². The van der Waals surface area contributed by atoms with E-state index in [4.69, 9.17) is 9.47 Å². The highest BCUT2D eigenvalue weighted by Crippen LogP contribution is 2.34. The highest BCUT2D eigenvalue weighted by Gasteiger charge is 2.24. The second-order valence-corrected chi connectivity index (χ2v) is 8.70. The Labute approximate surface area is 188 Å². The minimum atomic E-state index is -0.504. The molecule has 1 unspecified atom stereocenters. The summed E-state index contributed by atoms with van der Waals surface area (Å²) in [6, 6.07) is 20.5. The molecule has 1 fully saturated rings. The van der Waals surface area contributed by atoms with Crippen LogP contribution in [0.5, 0.6) is 11.5 Å².